The van der Waals surface area contributed by atoms with Crippen LogP contribution in [0.2, 0.25) is 0 Å². The van der Waals surface area contributed by atoms with Crippen molar-refractivity contribution in [3.63, 3.8) is 0 Å². The third-order valence-electron chi connectivity index (χ3n) is 2.26. The first-order valence-corrected chi connectivity index (χ1v) is 6.61. The standard InChI is InChI=1S/C12H16N4S/c1-3-4-13-7-10-8-17-12(16-10)11-14-5-9(2)6-15-11/h5-6,8,13H,3-4,7H2,1-2H3. The first-order valence-electron chi connectivity index (χ1n) is 5.73. The fourth-order valence-electron chi connectivity index (χ4n) is 1.39. The lowest BCUT2D eigenvalue weighted by Crippen LogP contribution is -2.13. The molecule has 90 valence electrons. The number of aromatic nitrogens is 3. The van der Waals surface area contributed by atoms with E-state index >= 15 is 0 Å². The van der Waals surface area contributed by atoms with Crippen molar-refractivity contribution in [3.8, 4) is 10.8 Å². The Morgan fingerprint density at radius 3 is 2.76 bits per heavy atom. The highest BCUT2D eigenvalue weighted by Crippen LogP contribution is 2.19. The molecule has 0 amide bonds. The largest absolute Gasteiger partial charge is 0.311 e. The third-order valence-corrected chi connectivity index (χ3v) is 3.14. The number of nitrogens with one attached hydrogen (secondary N) is 1. The molecule has 0 saturated carbocycles. The van der Waals surface area contributed by atoms with Gasteiger partial charge in [0, 0.05) is 24.3 Å². The Bertz CT molecular complexity index is 464. The van der Waals surface area contributed by atoms with Gasteiger partial charge in [-0.2, -0.15) is 0 Å². The summed E-state index contributed by atoms with van der Waals surface area (Å²) < 4.78 is 0. The van der Waals surface area contributed by atoms with E-state index in [1.807, 2.05) is 19.3 Å². The second-order valence-corrected chi connectivity index (χ2v) is 4.76. The van der Waals surface area contributed by atoms with E-state index in [1.165, 1.54) is 0 Å². The van der Waals surface area contributed by atoms with Gasteiger partial charge in [-0.05, 0) is 25.5 Å². The van der Waals surface area contributed by atoms with Gasteiger partial charge >= 0.3 is 0 Å². The second kappa shape index (κ2) is 5.84. The predicted octanol–water partition coefficient (Wildman–Crippen LogP) is 2.41. The summed E-state index contributed by atoms with van der Waals surface area (Å²) in [6.45, 7) is 5.97. The Morgan fingerprint density at radius 2 is 2.06 bits per heavy atom. The molecule has 2 rings (SSSR count). The van der Waals surface area contributed by atoms with Crippen LogP contribution in [0.15, 0.2) is 17.8 Å². The molecule has 2 aromatic rings. The van der Waals surface area contributed by atoms with Crippen molar-refractivity contribution in [3.05, 3.63) is 29.0 Å². The smallest absolute Gasteiger partial charge is 0.188 e. The molecule has 0 aliphatic carbocycles. The first kappa shape index (κ1) is 12.1. The van der Waals surface area contributed by atoms with Gasteiger partial charge in [-0.15, -0.1) is 11.3 Å². The molecule has 0 atom stereocenters. The number of hydrogen-bond donors (Lipinski definition) is 1. The van der Waals surface area contributed by atoms with Gasteiger partial charge in [0.2, 0.25) is 0 Å². The molecule has 1 N–H and O–H groups in total. The molecule has 0 saturated heterocycles. The maximum Gasteiger partial charge on any atom is 0.188 e. The van der Waals surface area contributed by atoms with Crippen LogP contribution < -0.4 is 5.32 Å². The molecule has 0 aliphatic rings. The zero-order valence-corrected chi connectivity index (χ0v) is 10.9. The highest BCUT2D eigenvalue weighted by Gasteiger charge is 2.06. The van der Waals surface area contributed by atoms with Gasteiger partial charge in [-0.25, -0.2) is 15.0 Å². The van der Waals surface area contributed by atoms with Gasteiger partial charge in [0.05, 0.1) is 5.69 Å². The summed E-state index contributed by atoms with van der Waals surface area (Å²) in [4.78, 5) is 13.1. The summed E-state index contributed by atoms with van der Waals surface area (Å²) in [5.74, 6) is 0.711. The van der Waals surface area contributed by atoms with E-state index in [0.29, 0.717) is 5.82 Å². The average molecular weight is 248 g/mol. The first-order chi connectivity index (χ1) is 8.29. The minimum absolute atomic E-state index is 0.711. The molecule has 0 aliphatic heterocycles. The molecule has 0 radical (unpaired) electrons. The van der Waals surface area contributed by atoms with E-state index in [2.05, 4.69) is 32.6 Å². The van der Waals surface area contributed by atoms with Crippen LogP contribution in [0.25, 0.3) is 10.8 Å². The van der Waals surface area contributed by atoms with Gasteiger partial charge in [-0.1, -0.05) is 6.92 Å². The van der Waals surface area contributed by atoms with Gasteiger partial charge in [0.25, 0.3) is 0 Å². The number of thiazole rings is 1. The van der Waals surface area contributed by atoms with Crippen LogP contribution in [0.3, 0.4) is 0 Å². The lowest BCUT2D eigenvalue weighted by Gasteiger charge is -1.98. The monoisotopic (exact) mass is 248 g/mol. The summed E-state index contributed by atoms with van der Waals surface area (Å²) >= 11 is 1.59. The molecular weight excluding hydrogens is 232 g/mol. The topological polar surface area (TPSA) is 50.7 Å². The Hall–Kier alpha value is -1.33. The van der Waals surface area contributed by atoms with Gasteiger partial charge in [0.15, 0.2) is 10.8 Å². The van der Waals surface area contributed by atoms with Crippen molar-refractivity contribution in [1.29, 1.82) is 0 Å². The number of nitrogens with zero attached hydrogens (tertiary/aromatic N) is 3. The molecular formula is C12H16N4S. The molecule has 2 heterocycles. The minimum atomic E-state index is 0.711. The maximum absolute atomic E-state index is 4.51. The van der Waals surface area contributed by atoms with Crippen molar-refractivity contribution in [2.45, 2.75) is 26.8 Å². The second-order valence-electron chi connectivity index (χ2n) is 3.90. The van der Waals surface area contributed by atoms with E-state index in [0.717, 1.165) is 35.8 Å². The van der Waals surface area contributed by atoms with Crippen LogP contribution in [0.5, 0.6) is 0 Å². The number of rotatable bonds is 5. The Balaban J connectivity index is 2.04. The van der Waals surface area contributed by atoms with E-state index in [1.54, 1.807) is 11.3 Å². The minimum Gasteiger partial charge on any atom is -0.311 e. The fraction of sp³-hybridized carbons (Fsp3) is 0.417. The Morgan fingerprint density at radius 1 is 1.29 bits per heavy atom. The van der Waals surface area contributed by atoms with Crippen LogP contribution in [-0.4, -0.2) is 21.5 Å². The van der Waals surface area contributed by atoms with Crippen molar-refractivity contribution in [1.82, 2.24) is 20.3 Å². The van der Waals surface area contributed by atoms with Gasteiger partial charge in [-0.3, -0.25) is 0 Å². The predicted molar refractivity (Wildman–Crippen MR) is 69.9 cm³/mol. The van der Waals surface area contributed by atoms with E-state index < -0.39 is 0 Å². The molecule has 0 fully saturated rings. The van der Waals surface area contributed by atoms with Gasteiger partial charge in [0.1, 0.15) is 0 Å². The maximum atomic E-state index is 4.51. The zero-order chi connectivity index (χ0) is 12.1. The van der Waals surface area contributed by atoms with Crippen LogP contribution >= 0.6 is 11.3 Å². The highest BCUT2D eigenvalue weighted by molar-refractivity contribution is 7.13. The lowest BCUT2D eigenvalue weighted by molar-refractivity contribution is 0.667. The normalized spacial score (nSPS) is 10.7. The summed E-state index contributed by atoms with van der Waals surface area (Å²) in [6, 6.07) is 0. The van der Waals surface area contributed by atoms with E-state index in [4.69, 9.17) is 0 Å². The Labute approximate surface area is 105 Å². The van der Waals surface area contributed by atoms with Crippen LogP contribution in [-0.2, 0) is 6.54 Å². The van der Waals surface area contributed by atoms with Crippen LogP contribution in [0, 0.1) is 6.92 Å². The molecule has 4 nitrogen and oxygen atoms in total. The van der Waals surface area contributed by atoms with E-state index in [9.17, 15) is 0 Å². The van der Waals surface area contributed by atoms with E-state index in [-0.39, 0.29) is 0 Å². The number of hydrogen-bond acceptors (Lipinski definition) is 5. The van der Waals surface area contributed by atoms with Crippen molar-refractivity contribution >= 4 is 11.3 Å². The summed E-state index contributed by atoms with van der Waals surface area (Å²) in [7, 11) is 0. The molecule has 2 aromatic heterocycles. The molecule has 5 heteroatoms. The average Bonchev–Trinajstić information content (AvgIpc) is 2.79. The molecule has 17 heavy (non-hydrogen) atoms. The van der Waals surface area contributed by atoms with Gasteiger partial charge < -0.3 is 5.32 Å². The van der Waals surface area contributed by atoms with Crippen LogP contribution in [0.4, 0.5) is 0 Å². The van der Waals surface area contributed by atoms with Crippen molar-refractivity contribution < 1.29 is 0 Å². The van der Waals surface area contributed by atoms with Crippen LogP contribution in [0.1, 0.15) is 24.6 Å². The summed E-state index contributed by atoms with van der Waals surface area (Å²) in [6.07, 6.45) is 4.77. The van der Waals surface area contributed by atoms with Crippen molar-refractivity contribution in [2.75, 3.05) is 6.54 Å². The SMILES string of the molecule is CCCNCc1csc(-c2ncc(C)cn2)n1. The molecule has 0 unspecified atom stereocenters. The summed E-state index contributed by atoms with van der Waals surface area (Å²) in [5, 5.41) is 6.27. The molecule has 0 bridgehead atoms. The summed E-state index contributed by atoms with van der Waals surface area (Å²) in [5.41, 5.74) is 2.12. The molecule has 0 aromatic carbocycles. The third kappa shape index (κ3) is 3.31. The van der Waals surface area contributed by atoms with Crippen molar-refractivity contribution in [2.24, 2.45) is 0 Å². The zero-order valence-electron chi connectivity index (χ0n) is 10.1. The Kier molecular flexibility index (Phi) is 4.17. The highest BCUT2D eigenvalue weighted by atomic mass is 32.1. The quantitative estimate of drug-likeness (QED) is 0.826. The number of aryl methyl sites for hydroxylation is 1. The molecule has 0 spiro atoms. The fourth-order valence-corrected chi connectivity index (χ4v) is 2.15. The lowest BCUT2D eigenvalue weighted by atomic mass is 10.4.